The van der Waals surface area contributed by atoms with E-state index in [1.807, 2.05) is 0 Å². The van der Waals surface area contributed by atoms with E-state index in [4.69, 9.17) is 4.98 Å². The predicted molar refractivity (Wildman–Crippen MR) is 154 cm³/mol. The number of aromatic nitrogens is 2. The Morgan fingerprint density at radius 3 is 1.69 bits per heavy atom. The SMILES string of the molecule is CCCCCCCCCCCCCCCCn1cc(CCCc2ccccc2)nc1CCCCC. The summed E-state index contributed by atoms with van der Waals surface area (Å²) in [6.45, 7) is 5.75. The fourth-order valence-corrected chi connectivity index (χ4v) is 5.15. The van der Waals surface area contributed by atoms with Gasteiger partial charge in [0.05, 0.1) is 5.69 Å². The zero-order valence-electron chi connectivity index (χ0n) is 23.4. The van der Waals surface area contributed by atoms with Crippen LogP contribution in [0.2, 0.25) is 0 Å². The van der Waals surface area contributed by atoms with Gasteiger partial charge in [-0.05, 0) is 37.7 Å². The molecule has 0 aliphatic rings. The van der Waals surface area contributed by atoms with Crippen LogP contribution in [-0.4, -0.2) is 9.55 Å². The number of hydrogen-bond acceptors (Lipinski definition) is 1. The van der Waals surface area contributed by atoms with Crippen molar-refractivity contribution in [1.82, 2.24) is 9.55 Å². The van der Waals surface area contributed by atoms with E-state index in [9.17, 15) is 0 Å². The number of unbranched alkanes of at least 4 members (excludes halogenated alkanes) is 15. The van der Waals surface area contributed by atoms with Crippen molar-refractivity contribution in [3.8, 4) is 0 Å². The average Bonchev–Trinajstić information content (AvgIpc) is 3.26. The monoisotopic (exact) mass is 480 g/mol. The van der Waals surface area contributed by atoms with Gasteiger partial charge in [-0.25, -0.2) is 4.98 Å². The zero-order valence-corrected chi connectivity index (χ0v) is 23.4. The Kier molecular flexibility index (Phi) is 17.5. The molecule has 0 unspecified atom stereocenters. The summed E-state index contributed by atoms with van der Waals surface area (Å²) in [5, 5.41) is 0. The second-order valence-corrected chi connectivity index (χ2v) is 10.7. The van der Waals surface area contributed by atoms with Gasteiger partial charge in [0.2, 0.25) is 0 Å². The Balaban J connectivity index is 1.58. The lowest BCUT2D eigenvalue weighted by atomic mass is 10.0. The topological polar surface area (TPSA) is 17.8 Å². The first-order valence-corrected chi connectivity index (χ1v) is 15.4. The zero-order chi connectivity index (χ0) is 24.8. The highest BCUT2D eigenvalue weighted by molar-refractivity contribution is 5.15. The number of nitrogens with zero attached hydrogens (tertiary/aromatic N) is 2. The van der Waals surface area contributed by atoms with Crippen molar-refractivity contribution in [2.45, 2.75) is 155 Å². The number of rotatable bonds is 23. The van der Waals surface area contributed by atoms with Crippen LogP contribution in [-0.2, 0) is 25.8 Å². The molecule has 198 valence electrons. The van der Waals surface area contributed by atoms with E-state index in [0.717, 1.165) is 25.8 Å². The molecule has 0 fully saturated rings. The number of hydrogen-bond donors (Lipinski definition) is 0. The quantitative estimate of drug-likeness (QED) is 0.145. The second kappa shape index (κ2) is 20.6. The lowest BCUT2D eigenvalue weighted by molar-refractivity contribution is 0.518. The lowest BCUT2D eigenvalue weighted by Crippen LogP contribution is -2.03. The van der Waals surface area contributed by atoms with E-state index in [2.05, 4.69) is 54.9 Å². The fourth-order valence-electron chi connectivity index (χ4n) is 5.15. The fraction of sp³-hybridized carbons (Fsp3) is 0.727. The van der Waals surface area contributed by atoms with Crippen LogP contribution in [0.1, 0.15) is 147 Å². The summed E-state index contributed by atoms with van der Waals surface area (Å²) in [6, 6.07) is 10.9. The smallest absolute Gasteiger partial charge is 0.108 e. The van der Waals surface area contributed by atoms with Gasteiger partial charge in [-0.3, -0.25) is 0 Å². The molecule has 1 heterocycles. The van der Waals surface area contributed by atoms with E-state index in [-0.39, 0.29) is 0 Å². The highest BCUT2D eigenvalue weighted by Gasteiger charge is 2.08. The van der Waals surface area contributed by atoms with Gasteiger partial charge < -0.3 is 4.57 Å². The largest absolute Gasteiger partial charge is 0.335 e. The normalized spacial score (nSPS) is 11.4. The number of benzene rings is 1. The Labute approximate surface area is 218 Å². The van der Waals surface area contributed by atoms with Crippen molar-refractivity contribution in [3.63, 3.8) is 0 Å². The molecule has 0 N–H and O–H groups in total. The average molecular weight is 481 g/mol. The first kappa shape index (κ1) is 29.7. The molecule has 2 heteroatoms. The van der Waals surface area contributed by atoms with Gasteiger partial charge >= 0.3 is 0 Å². The maximum Gasteiger partial charge on any atom is 0.108 e. The predicted octanol–water partition coefficient (Wildman–Crippen LogP) is 10.3. The second-order valence-electron chi connectivity index (χ2n) is 10.7. The van der Waals surface area contributed by atoms with Gasteiger partial charge in [0.1, 0.15) is 5.82 Å². The Bertz CT molecular complexity index is 718. The van der Waals surface area contributed by atoms with Gasteiger partial charge in [-0.2, -0.15) is 0 Å². The van der Waals surface area contributed by atoms with Crippen molar-refractivity contribution in [2.75, 3.05) is 0 Å². The van der Waals surface area contributed by atoms with Crippen LogP contribution in [0.3, 0.4) is 0 Å². The molecule has 2 nitrogen and oxygen atoms in total. The third-order valence-electron chi connectivity index (χ3n) is 7.41. The third kappa shape index (κ3) is 14.6. The summed E-state index contributed by atoms with van der Waals surface area (Å²) in [5.41, 5.74) is 2.75. The van der Waals surface area contributed by atoms with Gasteiger partial charge in [0.25, 0.3) is 0 Å². The number of aryl methyl sites for hydroxylation is 4. The molecule has 0 saturated carbocycles. The molecule has 1 aromatic heterocycles. The molecule has 0 aliphatic heterocycles. The van der Waals surface area contributed by atoms with Crippen LogP contribution in [0.15, 0.2) is 36.5 Å². The summed E-state index contributed by atoms with van der Waals surface area (Å²) in [6.07, 6.45) is 30.7. The van der Waals surface area contributed by atoms with Gasteiger partial charge in [0.15, 0.2) is 0 Å². The summed E-state index contributed by atoms with van der Waals surface area (Å²) >= 11 is 0. The Morgan fingerprint density at radius 1 is 0.543 bits per heavy atom. The Morgan fingerprint density at radius 2 is 1.09 bits per heavy atom. The highest BCUT2D eigenvalue weighted by Crippen LogP contribution is 2.16. The molecule has 0 aliphatic carbocycles. The van der Waals surface area contributed by atoms with Gasteiger partial charge in [-0.1, -0.05) is 140 Å². The van der Waals surface area contributed by atoms with Crippen LogP contribution in [0, 0.1) is 0 Å². The van der Waals surface area contributed by atoms with Crippen molar-refractivity contribution >= 4 is 0 Å². The first-order valence-electron chi connectivity index (χ1n) is 15.4. The molecular formula is C33H56N2. The molecule has 1 aromatic carbocycles. The van der Waals surface area contributed by atoms with Gasteiger partial charge in [0, 0.05) is 19.2 Å². The van der Waals surface area contributed by atoms with E-state index in [0.29, 0.717) is 0 Å². The molecule has 35 heavy (non-hydrogen) atoms. The van der Waals surface area contributed by atoms with Crippen LogP contribution in [0.25, 0.3) is 0 Å². The molecule has 0 radical (unpaired) electrons. The van der Waals surface area contributed by atoms with E-state index in [1.165, 1.54) is 133 Å². The first-order chi connectivity index (χ1) is 17.3. The van der Waals surface area contributed by atoms with Crippen molar-refractivity contribution in [2.24, 2.45) is 0 Å². The van der Waals surface area contributed by atoms with Crippen LogP contribution in [0.5, 0.6) is 0 Å². The summed E-state index contributed by atoms with van der Waals surface area (Å²) in [4.78, 5) is 5.06. The minimum Gasteiger partial charge on any atom is -0.335 e. The molecule has 0 amide bonds. The van der Waals surface area contributed by atoms with Crippen LogP contribution >= 0.6 is 0 Å². The maximum absolute atomic E-state index is 5.06. The van der Waals surface area contributed by atoms with E-state index < -0.39 is 0 Å². The molecule has 0 saturated heterocycles. The molecule has 0 bridgehead atoms. The van der Waals surface area contributed by atoms with Crippen molar-refractivity contribution < 1.29 is 0 Å². The minimum absolute atomic E-state index is 1.10. The van der Waals surface area contributed by atoms with E-state index in [1.54, 1.807) is 0 Å². The summed E-state index contributed by atoms with van der Waals surface area (Å²) in [7, 11) is 0. The van der Waals surface area contributed by atoms with Crippen LogP contribution in [0.4, 0.5) is 0 Å². The Hall–Kier alpha value is -1.57. The minimum atomic E-state index is 1.10. The maximum atomic E-state index is 5.06. The molecular weight excluding hydrogens is 424 g/mol. The molecule has 2 rings (SSSR count). The van der Waals surface area contributed by atoms with Gasteiger partial charge in [-0.15, -0.1) is 0 Å². The highest BCUT2D eigenvalue weighted by atomic mass is 15.1. The number of imidazole rings is 1. The summed E-state index contributed by atoms with van der Waals surface area (Å²) < 4.78 is 2.49. The van der Waals surface area contributed by atoms with Crippen molar-refractivity contribution in [3.05, 3.63) is 53.6 Å². The molecule has 2 aromatic rings. The third-order valence-corrected chi connectivity index (χ3v) is 7.41. The van der Waals surface area contributed by atoms with Crippen LogP contribution < -0.4 is 0 Å². The summed E-state index contributed by atoms with van der Waals surface area (Å²) in [5.74, 6) is 1.34. The van der Waals surface area contributed by atoms with E-state index >= 15 is 0 Å². The molecule has 0 atom stereocenters. The molecule has 0 spiro atoms. The standard InChI is InChI=1S/C33H56N2/c1-3-5-7-8-9-10-11-12-13-14-15-16-17-22-29-35-30-32(34-33(35)28-19-6-4-2)27-23-26-31-24-20-18-21-25-31/h18,20-21,24-25,30H,3-17,19,22-23,26-29H2,1-2H3. The van der Waals surface area contributed by atoms with Crippen molar-refractivity contribution in [1.29, 1.82) is 0 Å². The lowest BCUT2D eigenvalue weighted by Gasteiger charge is -2.08.